The SMILES string of the molecule is C/C=C/c1cc(Nc2nc(/C=C/c3cccc(C(F)(F)F)c3)nc(NCCCN3CCOCC3)n2)n[nH]1. The molecule has 1 aliphatic heterocycles. The maximum atomic E-state index is 13.1. The number of halogens is 3. The Kier molecular flexibility index (Phi) is 8.86. The minimum atomic E-state index is -4.41. The summed E-state index contributed by atoms with van der Waals surface area (Å²) in [7, 11) is 0. The molecule has 1 aliphatic rings. The fourth-order valence-electron chi connectivity index (χ4n) is 3.70. The van der Waals surface area contributed by atoms with Crippen molar-refractivity contribution < 1.29 is 17.9 Å². The van der Waals surface area contributed by atoms with Crippen molar-refractivity contribution >= 4 is 35.9 Å². The van der Waals surface area contributed by atoms with Gasteiger partial charge in [-0.05, 0) is 49.7 Å². The molecule has 1 aromatic carbocycles. The highest BCUT2D eigenvalue weighted by atomic mass is 19.4. The van der Waals surface area contributed by atoms with Gasteiger partial charge in [0.25, 0.3) is 0 Å². The van der Waals surface area contributed by atoms with Crippen LogP contribution in [0.4, 0.5) is 30.9 Å². The third-order valence-electron chi connectivity index (χ3n) is 5.51. The Morgan fingerprint density at radius 2 is 1.86 bits per heavy atom. The van der Waals surface area contributed by atoms with E-state index in [1.54, 1.807) is 18.2 Å². The topological polar surface area (TPSA) is 104 Å². The number of benzene rings is 1. The van der Waals surface area contributed by atoms with E-state index in [-0.39, 0.29) is 11.8 Å². The number of anilines is 3. The quantitative estimate of drug-likeness (QED) is 0.335. The molecule has 2 aromatic heterocycles. The first kappa shape index (κ1) is 26.3. The molecular weight excluding hydrogens is 485 g/mol. The second kappa shape index (κ2) is 12.5. The molecule has 0 spiro atoms. The van der Waals surface area contributed by atoms with Crippen molar-refractivity contribution in [1.29, 1.82) is 0 Å². The molecule has 4 rings (SSSR count). The second-order valence-electron chi connectivity index (χ2n) is 8.37. The van der Waals surface area contributed by atoms with Crippen LogP contribution in [-0.4, -0.2) is 69.4 Å². The van der Waals surface area contributed by atoms with Crippen LogP contribution in [0.1, 0.15) is 36.0 Å². The first-order valence-corrected chi connectivity index (χ1v) is 12.0. The molecule has 1 fully saturated rings. The summed E-state index contributed by atoms with van der Waals surface area (Å²) in [6.45, 7) is 6.81. The highest BCUT2D eigenvalue weighted by Gasteiger charge is 2.30. The lowest BCUT2D eigenvalue weighted by Crippen LogP contribution is -2.37. The van der Waals surface area contributed by atoms with Gasteiger partial charge in [0, 0.05) is 25.7 Å². The molecule has 0 atom stereocenters. The van der Waals surface area contributed by atoms with Crippen LogP contribution in [-0.2, 0) is 10.9 Å². The summed E-state index contributed by atoms with van der Waals surface area (Å²) >= 11 is 0. The van der Waals surface area contributed by atoms with Crippen LogP contribution >= 0.6 is 0 Å². The molecule has 0 bridgehead atoms. The number of allylic oxidation sites excluding steroid dienone is 1. The monoisotopic (exact) mass is 514 g/mol. The predicted molar refractivity (Wildman–Crippen MR) is 137 cm³/mol. The molecule has 0 saturated carbocycles. The highest BCUT2D eigenvalue weighted by molar-refractivity contribution is 5.68. The molecule has 37 heavy (non-hydrogen) atoms. The van der Waals surface area contributed by atoms with Crippen molar-refractivity contribution in [2.24, 2.45) is 0 Å². The number of morpholine rings is 1. The average molecular weight is 515 g/mol. The number of hydrogen-bond donors (Lipinski definition) is 3. The van der Waals surface area contributed by atoms with E-state index in [0.717, 1.165) is 57.1 Å². The molecular formula is C25H29F3N8O. The van der Waals surface area contributed by atoms with E-state index in [4.69, 9.17) is 4.74 Å². The van der Waals surface area contributed by atoms with E-state index >= 15 is 0 Å². The summed E-state index contributed by atoms with van der Waals surface area (Å²) in [6, 6.07) is 6.87. The number of rotatable bonds is 10. The molecule has 3 N–H and O–H groups in total. The lowest BCUT2D eigenvalue weighted by atomic mass is 10.1. The summed E-state index contributed by atoms with van der Waals surface area (Å²) in [4.78, 5) is 15.6. The van der Waals surface area contributed by atoms with Gasteiger partial charge in [-0.2, -0.15) is 33.2 Å². The number of hydrogen-bond acceptors (Lipinski definition) is 8. The number of aromatic amines is 1. The molecule has 0 unspecified atom stereocenters. The average Bonchev–Trinajstić information content (AvgIpc) is 3.32. The minimum Gasteiger partial charge on any atom is -0.379 e. The van der Waals surface area contributed by atoms with E-state index in [1.165, 1.54) is 12.1 Å². The van der Waals surface area contributed by atoms with Crippen LogP contribution in [0.25, 0.3) is 18.2 Å². The number of alkyl halides is 3. The summed E-state index contributed by atoms with van der Waals surface area (Å²) in [6.07, 6.45) is 3.32. The molecule has 0 aliphatic carbocycles. The van der Waals surface area contributed by atoms with Crippen molar-refractivity contribution in [2.75, 3.05) is 50.0 Å². The standard InChI is InChI=1S/C25H29F3N8O/c1-2-5-20-17-22(35-34-20)32-24-31-21(9-8-18-6-3-7-19(16-18)25(26,27)28)30-23(33-24)29-10-4-11-36-12-14-37-15-13-36/h2-3,5-9,16-17H,4,10-15H2,1H3,(H3,29,30,31,32,33,34,35)/b5-2+,9-8+. The smallest absolute Gasteiger partial charge is 0.379 e. The maximum absolute atomic E-state index is 13.1. The van der Waals surface area contributed by atoms with Gasteiger partial charge in [0.05, 0.1) is 24.5 Å². The molecule has 3 aromatic rings. The van der Waals surface area contributed by atoms with E-state index in [2.05, 4.69) is 40.7 Å². The number of H-pyrrole nitrogens is 1. The van der Waals surface area contributed by atoms with Crippen molar-refractivity contribution in [3.8, 4) is 0 Å². The van der Waals surface area contributed by atoms with E-state index in [9.17, 15) is 13.2 Å². The van der Waals surface area contributed by atoms with E-state index in [1.807, 2.05) is 19.1 Å². The lowest BCUT2D eigenvalue weighted by molar-refractivity contribution is -0.137. The first-order valence-electron chi connectivity index (χ1n) is 12.0. The lowest BCUT2D eigenvalue weighted by Gasteiger charge is -2.26. The van der Waals surface area contributed by atoms with Gasteiger partial charge in [-0.15, -0.1) is 0 Å². The molecule has 0 radical (unpaired) electrons. The molecule has 3 heterocycles. The minimum absolute atomic E-state index is 0.257. The van der Waals surface area contributed by atoms with Gasteiger partial charge in [-0.3, -0.25) is 10.00 Å². The van der Waals surface area contributed by atoms with Gasteiger partial charge in [0.1, 0.15) is 0 Å². The fourth-order valence-corrected chi connectivity index (χ4v) is 3.70. The van der Waals surface area contributed by atoms with Crippen LogP contribution in [0.3, 0.4) is 0 Å². The number of nitrogens with one attached hydrogen (secondary N) is 3. The zero-order chi connectivity index (χ0) is 26.1. The summed E-state index contributed by atoms with van der Waals surface area (Å²) in [5.41, 5.74) is 0.476. The summed E-state index contributed by atoms with van der Waals surface area (Å²) < 4.78 is 44.6. The van der Waals surface area contributed by atoms with Gasteiger partial charge in [0.2, 0.25) is 11.9 Å². The van der Waals surface area contributed by atoms with Crippen LogP contribution in [0.2, 0.25) is 0 Å². The van der Waals surface area contributed by atoms with E-state index < -0.39 is 11.7 Å². The zero-order valence-electron chi connectivity index (χ0n) is 20.4. The van der Waals surface area contributed by atoms with Crippen molar-refractivity contribution in [3.63, 3.8) is 0 Å². The number of ether oxygens (including phenoxy) is 1. The first-order chi connectivity index (χ1) is 17.9. The Morgan fingerprint density at radius 3 is 2.65 bits per heavy atom. The largest absolute Gasteiger partial charge is 0.416 e. The maximum Gasteiger partial charge on any atom is 0.416 e. The van der Waals surface area contributed by atoms with Crippen LogP contribution in [0, 0.1) is 0 Å². The van der Waals surface area contributed by atoms with Gasteiger partial charge in [-0.25, -0.2) is 0 Å². The zero-order valence-corrected chi connectivity index (χ0v) is 20.4. The van der Waals surface area contributed by atoms with E-state index in [0.29, 0.717) is 23.9 Å². The number of aromatic nitrogens is 5. The molecule has 12 heteroatoms. The Bertz CT molecular complexity index is 1220. The second-order valence-corrected chi connectivity index (χ2v) is 8.37. The van der Waals surface area contributed by atoms with Gasteiger partial charge < -0.3 is 15.4 Å². The number of nitrogens with zero attached hydrogens (tertiary/aromatic N) is 5. The summed E-state index contributed by atoms with van der Waals surface area (Å²) in [5, 5.41) is 13.4. The van der Waals surface area contributed by atoms with Crippen LogP contribution < -0.4 is 10.6 Å². The van der Waals surface area contributed by atoms with Crippen molar-refractivity contribution in [3.05, 3.63) is 59.1 Å². The molecule has 0 amide bonds. The molecule has 196 valence electrons. The third kappa shape index (κ3) is 8.12. The Balaban J connectivity index is 1.49. The van der Waals surface area contributed by atoms with Crippen molar-refractivity contribution in [2.45, 2.75) is 19.5 Å². The van der Waals surface area contributed by atoms with Gasteiger partial charge in [0.15, 0.2) is 11.6 Å². The van der Waals surface area contributed by atoms with Gasteiger partial charge in [-0.1, -0.05) is 24.3 Å². The summed E-state index contributed by atoms with van der Waals surface area (Å²) in [5.74, 6) is 1.42. The Labute approximate surface area is 212 Å². The highest BCUT2D eigenvalue weighted by Crippen LogP contribution is 2.29. The predicted octanol–water partition coefficient (Wildman–Crippen LogP) is 4.69. The Hall–Kier alpha value is -3.77. The van der Waals surface area contributed by atoms with Crippen molar-refractivity contribution in [1.82, 2.24) is 30.0 Å². The normalized spacial score (nSPS) is 15.0. The van der Waals surface area contributed by atoms with Crippen LogP contribution in [0.15, 0.2) is 36.4 Å². The molecule has 9 nitrogen and oxygen atoms in total. The fraction of sp³-hybridized carbons (Fsp3) is 0.360. The third-order valence-corrected chi connectivity index (χ3v) is 5.51. The molecule has 1 saturated heterocycles. The van der Waals surface area contributed by atoms with Crippen LogP contribution in [0.5, 0.6) is 0 Å². The Morgan fingerprint density at radius 1 is 1.05 bits per heavy atom. The van der Waals surface area contributed by atoms with Gasteiger partial charge >= 0.3 is 6.18 Å².